The lowest BCUT2D eigenvalue weighted by atomic mass is 9.45. The number of Topliss-reactive ketones (excluding diaryl/α,β-unsaturated/α-hetero) is 2. The van der Waals surface area contributed by atoms with Gasteiger partial charge in [-0.1, -0.05) is 19.0 Å². The minimum Gasteiger partial charge on any atom is -0.478 e. The van der Waals surface area contributed by atoms with Crippen molar-refractivity contribution in [1.29, 1.82) is 0 Å². The SMILES string of the molecule is CNCCCON=C1CC[C@@]2(C)C(CC(=O)[C@@H]3[C@@H]2CC[C@]2(C)C(=O)CC[C@@H]32)C1.O=C(O)/C=C/C(=O)O. The quantitative estimate of drug-likeness (QED) is 0.272. The van der Waals surface area contributed by atoms with Crippen LogP contribution in [0.25, 0.3) is 0 Å². The van der Waals surface area contributed by atoms with Crippen LogP contribution in [-0.2, 0) is 24.0 Å². The smallest absolute Gasteiger partial charge is 0.328 e. The first-order valence-electron chi connectivity index (χ1n) is 13.0. The molecule has 9 heteroatoms. The largest absolute Gasteiger partial charge is 0.478 e. The summed E-state index contributed by atoms with van der Waals surface area (Å²) >= 11 is 0. The number of rotatable bonds is 7. The van der Waals surface area contributed by atoms with Crippen LogP contribution in [0.15, 0.2) is 17.3 Å². The first-order chi connectivity index (χ1) is 17.0. The van der Waals surface area contributed by atoms with E-state index in [1.165, 1.54) is 0 Å². The monoisotopic (exact) mass is 504 g/mol. The van der Waals surface area contributed by atoms with E-state index in [-0.39, 0.29) is 22.7 Å². The van der Waals surface area contributed by atoms with E-state index in [1.807, 2.05) is 7.05 Å². The molecule has 0 aromatic carbocycles. The number of carboxylic acids is 2. The van der Waals surface area contributed by atoms with E-state index in [0.29, 0.717) is 55.0 Å². The summed E-state index contributed by atoms with van der Waals surface area (Å²) < 4.78 is 0. The van der Waals surface area contributed by atoms with Gasteiger partial charge in [-0.15, -0.1) is 0 Å². The Morgan fingerprint density at radius 3 is 2.39 bits per heavy atom. The number of carboxylic acid groups (broad SMARTS) is 2. The van der Waals surface area contributed by atoms with Gasteiger partial charge in [0.25, 0.3) is 0 Å². The van der Waals surface area contributed by atoms with Gasteiger partial charge in [0.2, 0.25) is 0 Å². The summed E-state index contributed by atoms with van der Waals surface area (Å²) in [5, 5.41) is 23.2. The van der Waals surface area contributed by atoms with Crippen molar-refractivity contribution in [3.63, 3.8) is 0 Å². The fourth-order valence-corrected chi connectivity index (χ4v) is 7.19. The van der Waals surface area contributed by atoms with Crippen LogP contribution in [0, 0.1) is 34.5 Å². The minimum atomic E-state index is -1.26. The molecule has 4 fully saturated rings. The zero-order chi connectivity index (χ0) is 26.5. The highest BCUT2D eigenvalue weighted by Crippen LogP contribution is 2.64. The van der Waals surface area contributed by atoms with Crippen molar-refractivity contribution in [1.82, 2.24) is 5.32 Å². The third-order valence-corrected chi connectivity index (χ3v) is 9.24. The van der Waals surface area contributed by atoms with E-state index in [9.17, 15) is 19.2 Å². The van der Waals surface area contributed by atoms with Crippen molar-refractivity contribution in [2.45, 2.75) is 71.6 Å². The third-order valence-electron chi connectivity index (χ3n) is 9.24. The Hall–Kier alpha value is -2.55. The predicted octanol–water partition coefficient (Wildman–Crippen LogP) is 3.47. The van der Waals surface area contributed by atoms with Gasteiger partial charge in [-0.2, -0.15) is 0 Å². The van der Waals surface area contributed by atoms with Crippen LogP contribution in [0.5, 0.6) is 0 Å². The molecule has 0 aromatic rings. The molecular weight excluding hydrogens is 464 g/mol. The van der Waals surface area contributed by atoms with Crippen molar-refractivity contribution >= 4 is 29.2 Å². The summed E-state index contributed by atoms with van der Waals surface area (Å²) in [6, 6.07) is 0. The molecule has 6 atom stereocenters. The lowest BCUT2D eigenvalue weighted by Crippen LogP contribution is -2.57. The number of carbonyl (C=O) groups excluding carboxylic acids is 2. The molecule has 0 bridgehead atoms. The first kappa shape index (κ1) is 28.0. The molecule has 0 amide bonds. The van der Waals surface area contributed by atoms with Crippen LogP contribution in [0.3, 0.4) is 0 Å². The topological polar surface area (TPSA) is 142 Å². The molecular formula is C27H40N2O7. The number of hydrogen-bond acceptors (Lipinski definition) is 7. The Labute approximate surface area is 212 Å². The van der Waals surface area contributed by atoms with Crippen molar-refractivity contribution in [2.75, 3.05) is 20.2 Å². The second-order valence-corrected chi connectivity index (χ2v) is 11.2. The normalized spacial score (nSPS) is 36.5. The predicted molar refractivity (Wildman–Crippen MR) is 133 cm³/mol. The highest BCUT2D eigenvalue weighted by atomic mass is 16.6. The Kier molecular flexibility index (Phi) is 9.08. The molecule has 0 radical (unpaired) electrons. The first-order valence-corrected chi connectivity index (χ1v) is 13.0. The van der Waals surface area contributed by atoms with Crippen molar-refractivity contribution in [3.05, 3.63) is 12.2 Å². The van der Waals surface area contributed by atoms with Crippen LogP contribution in [0.1, 0.15) is 71.6 Å². The van der Waals surface area contributed by atoms with Gasteiger partial charge in [0, 0.05) is 36.3 Å². The molecule has 0 heterocycles. The van der Waals surface area contributed by atoms with Gasteiger partial charge in [0.05, 0.1) is 5.71 Å². The maximum atomic E-state index is 13.3. The molecule has 0 saturated heterocycles. The van der Waals surface area contributed by atoms with Crippen molar-refractivity contribution in [2.24, 2.45) is 39.7 Å². The number of nitrogens with one attached hydrogen (secondary N) is 1. The van der Waals surface area contributed by atoms with E-state index < -0.39 is 11.9 Å². The van der Waals surface area contributed by atoms with Gasteiger partial charge >= 0.3 is 11.9 Å². The molecule has 36 heavy (non-hydrogen) atoms. The van der Waals surface area contributed by atoms with Crippen LogP contribution >= 0.6 is 0 Å². The van der Waals surface area contributed by atoms with Gasteiger partial charge in [0.15, 0.2) is 0 Å². The van der Waals surface area contributed by atoms with Crippen molar-refractivity contribution in [3.8, 4) is 0 Å². The summed E-state index contributed by atoms with van der Waals surface area (Å²) in [4.78, 5) is 50.4. The lowest BCUT2D eigenvalue weighted by Gasteiger charge is -2.58. The van der Waals surface area contributed by atoms with E-state index in [4.69, 9.17) is 15.1 Å². The molecule has 1 unspecified atom stereocenters. The summed E-state index contributed by atoms with van der Waals surface area (Å²) in [6.45, 7) is 6.14. The van der Waals surface area contributed by atoms with Crippen LogP contribution in [0.4, 0.5) is 0 Å². The standard InChI is InChI=1S/C23H36N2O3.C4H4O4/c1-22-9-7-16(25-28-12-4-11-24-3)13-15(22)14-19(26)21-17-5-6-20(27)23(17,2)10-8-18(21)22;5-3(6)1-2-4(7)8/h15,17-18,21,24H,4-14H2,1-3H3;1-2H,(H,5,6)(H,7,8)/b;2-1+/t15?,17-,18-,21-,22-,23-;/m0./s1. The lowest BCUT2D eigenvalue weighted by molar-refractivity contribution is -0.154. The van der Waals surface area contributed by atoms with Crippen molar-refractivity contribution < 1.29 is 34.2 Å². The molecule has 4 aliphatic rings. The maximum absolute atomic E-state index is 13.3. The number of ketones is 2. The third kappa shape index (κ3) is 5.88. The zero-order valence-corrected chi connectivity index (χ0v) is 21.6. The molecule has 4 rings (SSSR count). The number of hydrogen-bond donors (Lipinski definition) is 3. The number of oxime groups is 1. The average molecular weight is 505 g/mol. The number of nitrogens with zero attached hydrogens (tertiary/aromatic N) is 1. The van der Waals surface area contributed by atoms with Crippen LogP contribution in [0.2, 0.25) is 0 Å². The molecule has 0 aliphatic heterocycles. The highest BCUT2D eigenvalue weighted by Gasteiger charge is 2.62. The van der Waals surface area contributed by atoms with Gasteiger partial charge < -0.3 is 20.4 Å². The Balaban J connectivity index is 0.000000392. The highest BCUT2D eigenvalue weighted by molar-refractivity contribution is 5.92. The second kappa shape index (κ2) is 11.7. The fourth-order valence-electron chi connectivity index (χ4n) is 7.19. The van der Waals surface area contributed by atoms with Gasteiger partial charge in [0.1, 0.15) is 18.2 Å². The second-order valence-electron chi connectivity index (χ2n) is 11.2. The Morgan fingerprint density at radius 2 is 1.75 bits per heavy atom. The molecule has 4 aliphatic carbocycles. The maximum Gasteiger partial charge on any atom is 0.328 e. The number of fused-ring (bicyclic) bond motifs is 5. The van der Waals surface area contributed by atoms with Crippen LogP contribution in [-0.4, -0.2) is 59.6 Å². The summed E-state index contributed by atoms with van der Waals surface area (Å²) in [6.07, 6.45) is 9.34. The summed E-state index contributed by atoms with van der Waals surface area (Å²) in [5.74, 6) is -0.451. The minimum absolute atomic E-state index is 0.114. The van der Waals surface area contributed by atoms with Gasteiger partial charge in [-0.3, -0.25) is 9.59 Å². The van der Waals surface area contributed by atoms with E-state index in [0.717, 1.165) is 57.2 Å². The summed E-state index contributed by atoms with van der Waals surface area (Å²) in [5.41, 5.74) is 1.11. The van der Waals surface area contributed by atoms with E-state index in [1.54, 1.807) is 0 Å². The average Bonchev–Trinajstić information content (AvgIpc) is 3.13. The number of carbonyl (C=O) groups is 4. The Bertz CT molecular complexity index is 913. The number of aliphatic carboxylic acids is 2. The van der Waals surface area contributed by atoms with E-state index >= 15 is 0 Å². The molecule has 0 spiro atoms. The summed E-state index contributed by atoms with van der Waals surface area (Å²) in [7, 11) is 1.94. The van der Waals surface area contributed by atoms with E-state index in [2.05, 4.69) is 24.3 Å². The zero-order valence-electron chi connectivity index (χ0n) is 21.6. The van der Waals surface area contributed by atoms with Crippen LogP contribution < -0.4 is 5.32 Å². The molecule has 4 saturated carbocycles. The van der Waals surface area contributed by atoms with Gasteiger partial charge in [-0.25, -0.2) is 9.59 Å². The molecule has 200 valence electrons. The van der Waals surface area contributed by atoms with Gasteiger partial charge in [-0.05, 0) is 81.7 Å². The molecule has 9 nitrogen and oxygen atoms in total. The molecule has 0 aromatic heterocycles. The molecule has 3 N–H and O–H groups in total. The Morgan fingerprint density at radius 1 is 1.06 bits per heavy atom. The fraction of sp³-hybridized carbons (Fsp3) is 0.741.